The van der Waals surface area contributed by atoms with E-state index in [-0.39, 0.29) is 4.90 Å². The summed E-state index contributed by atoms with van der Waals surface area (Å²) in [6.45, 7) is 0.519. The topological polar surface area (TPSA) is 110 Å². The molecule has 0 heterocycles. The van der Waals surface area contributed by atoms with Crippen molar-refractivity contribution >= 4 is 32.8 Å². The van der Waals surface area contributed by atoms with Crippen molar-refractivity contribution in [3.8, 4) is 0 Å². The Morgan fingerprint density at radius 2 is 1.39 bits per heavy atom. The molecule has 0 atom stereocenters. The normalized spacial score (nSPS) is 11.2. The van der Waals surface area contributed by atoms with E-state index in [1.165, 1.54) is 0 Å². The van der Waals surface area contributed by atoms with Crippen molar-refractivity contribution in [3.05, 3.63) is 114 Å². The van der Waals surface area contributed by atoms with E-state index in [2.05, 4.69) is 10.6 Å². The van der Waals surface area contributed by atoms with Crippen LogP contribution in [-0.4, -0.2) is 8.42 Å². The third kappa shape index (κ3) is 5.71. The summed E-state index contributed by atoms with van der Waals surface area (Å²) in [5.74, 6) is 0. The molecule has 0 saturated heterocycles. The van der Waals surface area contributed by atoms with E-state index >= 15 is 0 Å². The highest BCUT2D eigenvalue weighted by molar-refractivity contribution is 7.89. The first kappa shape index (κ1) is 22.4. The molecule has 4 aromatic rings. The maximum absolute atomic E-state index is 12.6. The van der Waals surface area contributed by atoms with Crippen LogP contribution in [0.1, 0.15) is 16.7 Å². The molecule has 0 saturated carbocycles. The van der Waals surface area contributed by atoms with E-state index < -0.39 is 10.0 Å². The van der Waals surface area contributed by atoms with Gasteiger partial charge in [-0.1, -0.05) is 66.7 Å². The second-order valence-electron chi connectivity index (χ2n) is 7.77. The number of para-hydroxylation sites is 2. The van der Waals surface area contributed by atoms with Crippen LogP contribution in [0.5, 0.6) is 0 Å². The van der Waals surface area contributed by atoms with Crippen molar-refractivity contribution in [2.75, 3.05) is 16.4 Å². The minimum atomic E-state index is -4.02. The van der Waals surface area contributed by atoms with Gasteiger partial charge in [-0.3, -0.25) is 0 Å². The van der Waals surface area contributed by atoms with Crippen molar-refractivity contribution in [1.29, 1.82) is 0 Å². The number of sulfonamides is 1. The van der Waals surface area contributed by atoms with Crippen LogP contribution in [-0.2, 0) is 23.0 Å². The Labute approximate surface area is 194 Å². The summed E-state index contributed by atoms with van der Waals surface area (Å²) in [6, 6.07) is 30.4. The van der Waals surface area contributed by atoms with Gasteiger partial charge in [-0.2, -0.15) is 0 Å². The number of primary sulfonamides is 1. The van der Waals surface area contributed by atoms with Gasteiger partial charge in [0.15, 0.2) is 0 Å². The van der Waals surface area contributed by atoms with Crippen molar-refractivity contribution in [3.63, 3.8) is 0 Å². The average molecular weight is 459 g/mol. The van der Waals surface area contributed by atoms with Crippen LogP contribution < -0.4 is 21.5 Å². The summed E-state index contributed by atoms with van der Waals surface area (Å²) >= 11 is 0. The number of anilines is 4. The Hall–Kier alpha value is -3.81. The zero-order valence-corrected chi connectivity index (χ0v) is 18.8. The molecular formula is C26H26N4O2S. The lowest BCUT2D eigenvalue weighted by Gasteiger charge is -2.19. The zero-order valence-electron chi connectivity index (χ0n) is 18.0. The second kappa shape index (κ2) is 9.77. The van der Waals surface area contributed by atoms with Gasteiger partial charge in [0.05, 0.1) is 11.4 Å². The molecule has 33 heavy (non-hydrogen) atoms. The average Bonchev–Trinajstić information content (AvgIpc) is 2.81. The van der Waals surface area contributed by atoms with Gasteiger partial charge in [-0.15, -0.1) is 0 Å². The van der Waals surface area contributed by atoms with Gasteiger partial charge < -0.3 is 16.4 Å². The fraction of sp³-hybridized carbons (Fsp3) is 0.0769. The predicted molar refractivity (Wildman–Crippen MR) is 135 cm³/mol. The van der Waals surface area contributed by atoms with Crippen molar-refractivity contribution in [2.24, 2.45) is 5.14 Å². The second-order valence-corrected chi connectivity index (χ2v) is 9.30. The molecule has 0 aliphatic heterocycles. The van der Waals surface area contributed by atoms with Gasteiger partial charge >= 0.3 is 0 Å². The van der Waals surface area contributed by atoms with Crippen molar-refractivity contribution in [1.82, 2.24) is 0 Å². The first-order chi connectivity index (χ1) is 15.9. The minimum Gasteiger partial charge on any atom is -0.398 e. The Bertz CT molecular complexity index is 1340. The number of nitrogens with two attached hydrogens (primary N) is 2. The maximum Gasteiger partial charge on any atom is 0.240 e. The number of nitrogen functional groups attached to an aromatic ring is 1. The van der Waals surface area contributed by atoms with Gasteiger partial charge in [-0.25, -0.2) is 13.6 Å². The number of rotatable bonds is 8. The minimum absolute atomic E-state index is 0.0221. The lowest BCUT2D eigenvalue weighted by molar-refractivity contribution is 0.598. The summed E-state index contributed by atoms with van der Waals surface area (Å²) in [6.07, 6.45) is 0.473. The molecule has 0 spiro atoms. The molecule has 0 bridgehead atoms. The summed E-state index contributed by atoms with van der Waals surface area (Å²) in [5, 5.41) is 12.3. The molecule has 6 nitrogen and oxygen atoms in total. The molecule has 168 valence electrons. The molecular weight excluding hydrogens is 432 g/mol. The number of benzene rings is 4. The highest BCUT2D eigenvalue weighted by Gasteiger charge is 2.20. The lowest BCUT2D eigenvalue weighted by atomic mass is 10.0. The highest BCUT2D eigenvalue weighted by atomic mass is 32.2. The van der Waals surface area contributed by atoms with E-state index in [1.54, 1.807) is 6.07 Å². The van der Waals surface area contributed by atoms with Gasteiger partial charge in [0.2, 0.25) is 10.0 Å². The van der Waals surface area contributed by atoms with Crippen LogP contribution in [0.2, 0.25) is 0 Å². The fourth-order valence-corrected chi connectivity index (χ4v) is 4.40. The summed E-state index contributed by atoms with van der Waals surface area (Å²) in [4.78, 5) is 0.0221. The number of nitrogens with one attached hydrogen (secondary N) is 2. The Balaban J connectivity index is 1.80. The van der Waals surface area contributed by atoms with E-state index in [1.807, 2.05) is 91.0 Å². The quantitative estimate of drug-likeness (QED) is 0.282. The molecule has 7 heteroatoms. The van der Waals surface area contributed by atoms with Gasteiger partial charge in [0.25, 0.3) is 0 Å². The SMILES string of the molecule is Nc1ccccc1Cc1cc(NCc2ccccc2)c(Nc2ccccc2)c(S(N)(=O)=O)c1. The van der Waals surface area contributed by atoms with Gasteiger partial charge in [0.1, 0.15) is 4.90 Å². The van der Waals surface area contributed by atoms with Crippen LogP contribution in [0.4, 0.5) is 22.7 Å². The molecule has 0 amide bonds. The van der Waals surface area contributed by atoms with Crippen molar-refractivity contribution < 1.29 is 8.42 Å². The largest absolute Gasteiger partial charge is 0.398 e. The molecule has 0 aromatic heterocycles. The molecule has 0 unspecified atom stereocenters. The third-order valence-corrected chi connectivity index (χ3v) is 6.22. The molecule has 0 aliphatic carbocycles. The maximum atomic E-state index is 12.6. The monoisotopic (exact) mass is 458 g/mol. The van der Waals surface area contributed by atoms with Crippen LogP contribution in [0.25, 0.3) is 0 Å². The summed E-state index contributed by atoms with van der Waals surface area (Å²) in [5.41, 5.74) is 11.3. The van der Waals surface area contributed by atoms with E-state index in [9.17, 15) is 8.42 Å². The smallest absolute Gasteiger partial charge is 0.240 e. The van der Waals surface area contributed by atoms with E-state index in [0.717, 1.165) is 22.4 Å². The molecule has 0 radical (unpaired) electrons. The predicted octanol–water partition coefficient (Wildman–Crippen LogP) is 4.86. The Kier molecular flexibility index (Phi) is 6.63. The summed E-state index contributed by atoms with van der Waals surface area (Å²) in [7, 11) is -4.02. The molecule has 0 aliphatic rings. The number of hydrogen-bond donors (Lipinski definition) is 4. The van der Waals surface area contributed by atoms with Crippen LogP contribution in [0.3, 0.4) is 0 Å². The zero-order chi connectivity index (χ0) is 23.3. The first-order valence-electron chi connectivity index (χ1n) is 10.5. The van der Waals surface area contributed by atoms with Gasteiger partial charge in [0, 0.05) is 17.9 Å². The highest BCUT2D eigenvalue weighted by Crippen LogP contribution is 2.35. The van der Waals surface area contributed by atoms with E-state index in [0.29, 0.717) is 30.0 Å². The Morgan fingerprint density at radius 1 is 0.758 bits per heavy atom. The standard InChI is InChI=1S/C26H26N4O2S/c27-23-14-8-7-11-21(23)15-20-16-24(29-18-19-9-3-1-4-10-19)26(25(17-20)33(28,31)32)30-22-12-5-2-6-13-22/h1-14,16-17,29-30H,15,18,27H2,(H2,28,31,32). The molecule has 0 fully saturated rings. The van der Waals surface area contributed by atoms with Crippen molar-refractivity contribution in [2.45, 2.75) is 17.9 Å². The van der Waals surface area contributed by atoms with Crippen LogP contribution in [0.15, 0.2) is 102 Å². The van der Waals surface area contributed by atoms with Gasteiger partial charge in [-0.05, 0) is 53.4 Å². The molecule has 6 N–H and O–H groups in total. The number of hydrogen-bond acceptors (Lipinski definition) is 5. The fourth-order valence-electron chi connectivity index (χ4n) is 3.64. The third-order valence-electron chi connectivity index (χ3n) is 5.29. The van der Waals surface area contributed by atoms with Crippen LogP contribution in [0, 0.1) is 0 Å². The molecule has 4 aromatic carbocycles. The first-order valence-corrected chi connectivity index (χ1v) is 12.1. The Morgan fingerprint density at radius 3 is 2.06 bits per heavy atom. The summed E-state index contributed by atoms with van der Waals surface area (Å²) < 4.78 is 25.3. The lowest BCUT2D eigenvalue weighted by Crippen LogP contribution is -2.16. The van der Waals surface area contributed by atoms with E-state index in [4.69, 9.17) is 10.9 Å². The molecule has 4 rings (SSSR count). The van der Waals surface area contributed by atoms with Crippen LogP contribution >= 0.6 is 0 Å².